The van der Waals surface area contributed by atoms with Crippen molar-refractivity contribution in [2.24, 2.45) is 0 Å². The molecule has 4 nitrogen and oxygen atoms in total. The van der Waals surface area contributed by atoms with Crippen molar-refractivity contribution < 1.29 is 9.90 Å². The lowest BCUT2D eigenvalue weighted by atomic mass is 10.2. The van der Waals surface area contributed by atoms with Crippen LogP contribution in [0.5, 0.6) is 0 Å². The molecule has 1 aromatic carbocycles. The predicted octanol–water partition coefficient (Wildman–Crippen LogP) is 2.88. The first-order valence-corrected chi connectivity index (χ1v) is 6.30. The molecule has 0 bridgehead atoms. The highest BCUT2D eigenvalue weighted by Crippen LogP contribution is 2.21. The monoisotopic (exact) mass is 308 g/mol. The molecule has 0 fully saturated rings. The molecule has 18 heavy (non-hydrogen) atoms. The Balaban J connectivity index is 2.42. The lowest BCUT2D eigenvalue weighted by Crippen LogP contribution is -2.03. The summed E-state index contributed by atoms with van der Waals surface area (Å²) in [4.78, 5) is 10.7. The molecule has 0 aliphatic heterocycles. The fourth-order valence-electron chi connectivity index (χ4n) is 1.80. The number of hydrogen-bond donors (Lipinski definition) is 1. The topological polar surface area (TPSA) is 55.1 Å². The minimum atomic E-state index is -0.843. The summed E-state index contributed by atoms with van der Waals surface area (Å²) in [6.07, 6.45) is 1.61. The number of aliphatic carboxylic acids is 1. The maximum Gasteiger partial charge on any atom is 0.307 e. The Hall–Kier alpha value is -1.62. The Morgan fingerprint density at radius 3 is 2.78 bits per heavy atom. The van der Waals surface area contributed by atoms with Gasteiger partial charge in [-0.1, -0.05) is 15.9 Å². The molecule has 0 aliphatic rings. The smallest absolute Gasteiger partial charge is 0.307 e. The van der Waals surface area contributed by atoms with Crippen LogP contribution < -0.4 is 0 Å². The first-order valence-electron chi connectivity index (χ1n) is 5.51. The number of aromatic nitrogens is 2. The van der Waals surface area contributed by atoms with E-state index in [9.17, 15) is 4.79 Å². The van der Waals surface area contributed by atoms with Gasteiger partial charge in [-0.3, -0.25) is 4.79 Å². The van der Waals surface area contributed by atoms with E-state index >= 15 is 0 Å². The van der Waals surface area contributed by atoms with Crippen LogP contribution in [0.4, 0.5) is 0 Å². The van der Waals surface area contributed by atoms with Gasteiger partial charge in [-0.2, -0.15) is 5.10 Å². The van der Waals surface area contributed by atoms with Gasteiger partial charge >= 0.3 is 5.97 Å². The van der Waals surface area contributed by atoms with Gasteiger partial charge in [-0.25, -0.2) is 4.68 Å². The van der Waals surface area contributed by atoms with Gasteiger partial charge in [-0.05, 0) is 37.6 Å². The van der Waals surface area contributed by atoms with Crippen molar-refractivity contribution in [1.82, 2.24) is 9.78 Å². The van der Waals surface area contributed by atoms with Crippen LogP contribution in [0, 0.1) is 13.8 Å². The van der Waals surface area contributed by atoms with Crippen LogP contribution in [-0.4, -0.2) is 20.9 Å². The van der Waals surface area contributed by atoms with Gasteiger partial charge in [0.05, 0.1) is 18.3 Å². The fraction of sp³-hybridized carbons (Fsp3) is 0.231. The molecule has 94 valence electrons. The lowest BCUT2D eigenvalue weighted by Gasteiger charge is -2.07. The minimum Gasteiger partial charge on any atom is -0.481 e. The van der Waals surface area contributed by atoms with Crippen molar-refractivity contribution in [3.63, 3.8) is 0 Å². The summed E-state index contributed by atoms with van der Waals surface area (Å²) < 4.78 is 2.80. The van der Waals surface area contributed by atoms with E-state index in [2.05, 4.69) is 21.0 Å². The SMILES string of the molecule is Cc1cc(-n2ncc(CC(=O)O)c2C)ccc1Br. The van der Waals surface area contributed by atoms with Crippen molar-refractivity contribution >= 4 is 21.9 Å². The van der Waals surface area contributed by atoms with Gasteiger partial charge < -0.3 is 5.11 Å². The molecule has 1 N–H and O–H groups in total. The van der Waals surface area contributed by atoms with Crippen molar-refractivity contribution in [3.05, 3.63) is 45.7 Å². The summed E-state index contributed by atoms with van der Waals surface area (Å²) in [5.41, 5.74) is 3.65. The molecule has 0 aliphatic carbocycles. The molecule has 0 atom stereocenters. The lowest BCUT2D eigenvalue weighted by molar-refractivity contribution is -0.136. The number of halogens is 1. The van der Waals surface area contributed by atoms with Crippen molar-refractivity contribution in [2.45, 2.75) is 20.3 Å². The zero-order chi connectivity index (χ0) is 13.3. The van der Waals surface area contributed by atoms with Crippen molar-refractivity contribution in [2.75, 3.05) is 0 Å². The average Bonchev–Trinajstić information content (AvgIpc) is 2.64. The highest BCUT2D eigenvalue weighted by atomic mass is 79.9. The maximum atomic E-state index is 10.7. The number of carbonyl (C=O) groups is 1. The second-order valence-electron chi connectivity index (χ2n) is 4.17. The van der Waals surface area contributed by atoms with Crippen molar-refractivity contribution in [1.29, 1.82) is 0 Å². The summed E-state index contributed by atoms with van der Waals surface area (Å²) >= 11 is 3.45. The molecule has 0 amide bonds. The number of carboxylic acid groups (broad SMARTS) is 1. The molecule has 1 aromatic heterocycles. The quantitative estimate of drug-likeness (QED) is 0.948. The minimum absolute atomic E-state index is 0.00133. The van der Waals surface area contributed by atoms with Gasteiger partial charge in [0.2, 0.25) is 0 Å². The average molecular weight is 309 g/mol. The van der Waals surface area contributed by atoms with E-state index in [0.717, 1.165) is 27.0 Å². The first-order chi connectivity index (χ1) is 8.49. The van der Waals surface area contributed by atoms with E-state index in [4.69, 9.17) is 5.11 Å². The summed E-state index contributed by atoms with van der Waals surface area (Å²) in [5, 5.41) is 13.1. The number of rotatable bonds is 3. The predicted molar refractivity (Wildman–Crippen MR) is 72.1 cm³/mol. The fourth-order valence-corrected chi connectivity index (χ4v) is 2.05. The second-order valence-corrected chi connectivity index (χ2v) is 5.03. The largest absolute Gasteiger partial charge is 0.481 e. The van der Waals surface area contributed by atoms with E-state index in [0.29, 0.717) is 0 Å². The molecule has 0 spiro atoms. The highest BCUT2D eigenvalue weighted by Gasteiger charge is 2.11. The molecule has 2 rings (SSSR count). The third kappa shape index (κ3) is 2.46. The molecule has 5 heteroatoms. The normalized spacial score (nSPS) is 10.6. The van der Waals surface area contributed by atoms with E-state index in [1.807, 2.05) is 32.0 Å². The molecular weight excluding hydrogens is 296 g/mol. The Labute approximate surface area is 113 Å². The van der Waals surface area contributed by atoms with Gasteiger partial charge in [0.15, 0.2) is 0 Å². The zero-order valence-corrected chi connectivity index (χ0v) is 11.7. The summed E-state index contributed by atoms with van der Waals surface area (Å²) in [7, 11) is 0. The number of nitrogens with zero attached hydrogens (tertiary/aromatic N) is 2. The Morgan fingerprint density at radius 2 is 2.17 bits per heavy atom. The molecule has 0 unspecified atom stereocenters. The van der Waals surface area contributed by atoms with E-state index < -0.39 is 5.97 Å². The summed E-state index contributed by atoms with van der Waals surface area (Å²) in [5.74, 6) is -0.843. The van der Waals surface area contributed by atoms with Crippen LogP contribution in [-0.2, 0) is 11.2 Å². The zero-order valence-electron chi connectivity index (χ0n) is 10.1. The van der Waals surface area contributed by atoms with Crippen LogP contribution in [0.25, 0.3) is 5.69 Å². The van der Waals surface area contributed by atoms with E-state index in [1.54, 1.807) is 10.9 Å². The molecule has 1 heterocycles. The Bertz CT molecular complexity index is 605. The maximum absolute atomic E-state index is 10.7. The number of hydrogen-bond acceptors (Lipinski definition) is 2. The first kappa shape index (κ1) is 12.8. The second kappa shape index (κ2) is 4.94. The van der Waals surface area contributed by atoms with Crippen LogP contribution in [0.15, 0.2) is 28.9 Å². The molecule has 0 radical (unpaired) electrons. The number of benzene rings is 1. The van der Waals surface area contributed by atoms with Crippen molar-refractivity contribution in [3.8, 4) is 5.69 Å². The molecule has 0 saturated heterocycles. The summed E-state index contributed by atoms with van der Waals surface area (Å²) in [6.45, 7) is 3.88. The highest BCUT2D eigenvalue weighted by molar-refractivity contribution is 9.10. The van der Waals surface area contributed by atoms with E-state index in [1.165, 1.54) is 0 Å². The Kier molecular flexibility index (Phi) is 3.52. The van der Waals surface area contributed by atoms with Crippen LogP contribution in [0.3, 0.4) is 0 Å². The van der Waals surface area contributed by atoms with Crippen LogP contribution in [0.1, 0.15) is 16.8 Å². The van der Waals surface area contributed by atoms with Crippen LogP contribution in [0.2, 0.25) is 0 Å². The number of carboxylic acids is 1. The third-order valence-corrected chi connectivity index (χ3v) is 3.73. The third-order valence-electron chi connectivity index (χ3n) is 2.84. The molecular formula is C13H13BrN2O2. The van der Waals surface area contributed by atoms with Gasteiger partial charge in [0.1, 0.15) is 0 Å². The van der Waals surface area contributed by atoms with Gasteiger partial charge in [0.25, 0.3) is 0 Å². The standard InChI is InChI=1S/C13H13BrN2O2/c1-8-5-11(3-4-12(8)14)16-9(2)10(7-15-16)6-13(17)18/h3-5,7H,6H2,1-2H3,(H,17,18). The van der Waals surface area contributed by atoms with Gasteiger partial charge in [0, 0.05) is 15.7 Å². The van der Waals surface area contributed by atoms with Crippen LogP contribution >= 0.6 is 15.9 Å². The van der Waals surface area contributed by atoms with E-state index in [-0.39, 0.29) is 6.42 Å². The molecule has 0 saturated carbocycles. The Morgan fingerprint density at radius 1 is 1.44 bits per heavy atom. The number of aryl methyl sites for hydroxylation is 1. The molecule has 2 aromatic rings. The van der Waals surface area contributed by atoms with Gasteiger partial charge in [-0.15, -0.1) is 0 Å². The summed E-state index contributed by atoms with van der Waals surface area (Å²) in [6, 6.07) is 5.92.